The monoisotopic (exact) mass is 325 g/mol. The predicted octanol–water partition coefficient (Wildman–Crippen LogP) is 2.34. The molecule has 7 nitrogen and oxygen atoms in total. The summed E-state index contributed by atoms with van der Waals surface area (Å²) < 4.78 is 1.92. The molecular weight excluding hydrogens is 302 g/mol. The minimum absolute atomic E-state index is 0.446. The third-order valence-electron chi connectivity index (χ3n) is 4.71. The summed E-state index contributed by atoms with van der Waals surface area (Å²) in [5, 5.41) is 12.1. The largest absolute Gasteiger partial charge is 0.342 e. The Bertz CT molecular complexity index is 773. The Hall–Kier alpha value is -2.28. The van der Waals surface area contributed by atoms with E-state index < -0.39 is 0 Å². The summed E-state index contributed by atoms with van der Waals surface area (Å²) in [7, 11) is 0. The molecule has 0 bridgehead atoms. The lowest BCUT2D eigenvalue weighted by atomic mass is 9.97. The second-order valence-electron chi connectivity index (χ2n) is 6.53. The minimum Gasteiger partial charge on any atom is -0.342 e. The maximum Gasteiger partial charge on any atom is 0.165 e. The number of fused-ring (bicyclic) bond motifs is 1. The van der Waals surface area contributed by atoms with Gasteiger partial charge in [0.25, 0.3) is 0 Å². The second-order valence-corrected chi connectivity index (χ2v) is 6.53. The molecule has 4 rings (SSSR count). The lowest BCUT2D eigenvalue weighted by molar-refractivity contribution is 0.189. The van der Waals surface area contributed by atoms with Crippen LogP contribution in [0.3, 0.4) is 0 Å². The molecule has 0 amide bonds. The van der Waals surface area contributed by atoms with Crippen LogP contribution >= 0.6 is 0 Å². The summed E-state index contributed by atoms with van der Waals surface area (Å²) >= 11 is 0. The van der Waals surface area contributed by atoms with E-state index in [0.29, 0.717) is 5.92 Å². The van der Waals surface area contributed by atoms with Crippen LogP contribution in [0, 0.1) is 0 Å². The molecule has 0 aliphatic carbocycles. The zero-order chi connectivity index (χ0) is 16.4. The highest BCUT2D eigenvalue weighted by molar-refractivity contribution is 5.74. The second kappa shape index (κ2) is 6.68. The summed E-state index contributed by atoms with van der Waals surface area (Å²) in [5.41, 5.74) is 2.17. The molecule has 1 fully saturated rings. The van der Waals surface area contributed by atoms with E-state index in [1.807, 2.05) is 16.8 Å². The number of benzene rings is 1. The number of rotatable bonds is 5. The number of H-pyrrole nitrogens is 1. The Kier molecular flexibility index (Phi) is 4.25. The smallest absolute Gasteiger partial charge is 0.165 e. The Balaban J connectivity index is 1.48. The van der Waals surface area contributed by atoms with E-state index in [2.05, 4.69) is 44.5 Å². The van der Waals surface area contributed by atoms with Crippen molar-refractivity contribution in [2.75, 3.05) is 13.1 Å². The van der Waals surface area contributed by atoms with Crippen molar-refractivity contribution in [3.63, 3.8) is 0 Å². The Morgan fingerprint density at radius 1 is 1.29 bits per heavy atom. The van der Waals surface area contributed by atoms with Crippen LogP contribution in [-0.2, 0) is 13.1 Å². The number of hydrogen-bond acceptors (Lipinski definition) is 5. The number of likely N-dealkylation sites (tertiary alicyclic amines) is 1. The van der Waals surface area contributed by atoms with Crippen LogP contribution in [0.15, 0.2) is 24.3 Å². The normalized spacial score (nSPS) is 19.1. The molecule has 3 heterocycles. The van der Waals surface area contributed by atoms with E-state index in [1.54, 1.807) is 0 Å². The van der Waals surface area contributed by atoms with Crippen LogP contribution in [0.1, 0.15) is 43.8 Å². The van der Waals surface area contributed by atoms with Gasteiger partial charge in [-0.1, -0.05) is 19.1 Å². The van der Waals surface area contributed by atoms with E-state index in [0.717, 1.165) is 55.3 Å². The Morgan fingerprint density at radius 2 is 2.21 bits per heavy atom. The number of para-hydroxylation sites is 2. The van der Waals surface area contributed by atoms with Crippen molar-refractivity contribution in [2.45, 2.75) is 45.2 Å². The highest BCUT2D eigenvalue weighted by Gasteiger charge is 2.25. The predicted molar refractivity (Wildman–Crippen MR) is 91.5 cm³/mol. The maximum absolute atomic E-state index is 4.79. The number of nitrogens with one attached hydrogen (secondary N) is 1. The molecular formula is C17H23N7. The van der Waals surface area contributed by atoms with Crippen molar-refractivity contribution in [2.24, 2.45) is 0 Å². The average Bonchev–Trinajstić information content (AvgIpc) is 3.22. The van der Waals surface area contributed by atoms with Crippen LogP contribution in [0.25, 0.3) is 11.0 Å². The van der Waals surface area contributed by atoms with Crippen LogP contribution in [0.5, 0.6) is 0 Å². The van der Waals surface area contributed by atoms with Gasteiger partial charge in [0.2, 0.25) is 0 Å². The van der Waals surface area contributed by atoms with E-state index in [4.69, 9.17) is 4.98 Å². The molecule has 3 aromatic rings. The standard InChI is InChI=1S/C17H23N7/c1-2-9-24-16(20-21-22-24)12-23-10-5-6-13(11-23)17-18-14-7-3-4-8-15(14)19-17/h3-4,7-8,13H,2,5-6,9-12H2,1H3,(H,18,19). The first kappa shape index (κ1) is 15.3. The van der Waals surface area contributed by atoms with E-state index in [9.17, 15) is 0 Å². The van der Waals surface area contributed by atoms with Crippen LogP contribution in [0.2, 0.25) is 0 Å². The number of aryl methyl sites for hydroxylation is 1. The summed E-state index contributed by atoms with van der Waals surface area (Å²) in [4.78, 5) is 10.7. The number of piperidine rings is 1. The number of aromatic nitrogens is 6. The summed E-state index contributed by atoms with van der Waals surface area (Å²) in [6, 6.07) is 8.23. The Labute approximate surface area is 141 Å². The third-order valence-corrected chi connectivity index (χ3v) is 4.71. The third kappa shape index (κ3) is 3.03. The molecule has 1 aliphatic rings. The molecule has 1 saturated heterocycles. The quantitative estimate of drug-likeness (QED) is 0.779. The average molecular weight is 325 g/mol. The van der Waals surface area contributed by atoms with E-state index >= 15 is 0 Å². The van der Waals surface area contributed by atoms with Gasteiger partial charge in [-0.15, -0.1) is 5.10 Å². The zero-order valence-electron chi connectivity index (χ0n) is 14.0. The Morgan fingerprint density at radius 3 is 3.08 bits per heavy atom. The number of nitrogens with zero attached hydrogens (tertiary/aromatic N) is 6. The van der Waals surface area contributed by atoms with E-state index in [-0.39, 0.29) is 0 Å². The van der Waals surface area contributed by atoms with Gasteiger partial charge in [0.1, 0.15) is 5.82 Å². The maximum atomic E-state index is 4.79. The van der Waals surface area contributed by atoms with Gasteiger partial charge in [-0.05, 0) is 48.4 Å². The molecule has 1 unspecified atom stereocenters. The fourth-order valence-electron chi connectivity index (χ4n) is 3.51. The molecule has 1 aromatic carbocycles. The lowest BCUT2D eigenvalue weighted by Gasteiger charge is -2.31. The molecule has 1 N–H and O–H groups in total. The number of imidazole rings is 1. The van der Waals surface area contributed by atoms with Gasteiger partial charge in [-0.2, -0.15) is 0 Å². The van der Waals surface area contributed by atoms with Gasteiger partial charge < -0.3 is 4.98 Å². The van der Waals surface area contributed by atoms with Crippen molar-refractivity contribution in [1.29, 1.82) is 0 Å². The highest BCUT2D eigenvalue weighted by atomic mass is 15.5. The first-order chi connectivity index (χ1) is 11.8. The molecule has 0 spiro atoms. The van der Waals surface area contributed by atoms with Crippen molar-refractivity contribution < 1.29 is 0 Å². The number of aromatic amines is 1. The molecule has 7 heteroatoms. The van der Waals surface area contributed by atoms with Gasteiger partial charge in [-0.3, -0.25) is 4.90 Å². The van der Waals surface area contributed by atoms with Crippen LogP contribution < -0.4 is 0 Å². The number of tetrazole rings is 1. The molecule has 1 aliphatic heterocycles. The summed E-state index contributed by atoms with van der Waals surface area (Å²) in [6.45, 7) is 5.92. The molecule has 1 atom stereocenters. The lowest BCUT2D eigenvalue weighted by Crippen LogP contribution is -2.35. The van der Waals surface area contributed by atoms with Gasteiger partial charge in [0, 0.05) is 19.0 Å². The van der Waals surface area contributed by atoms with Gasteiger partial charge in [-0.25, -0.2) is 9.67 Å². The molecule has 0 saturated carbocycles. The van der Waals surface area contributed by atoms with Crippen molar-refractivity contribution >= 4 is 11.0 Å². The highest BCUT2D eigenvalue weighted by Crippen LogP contribution is 2.27. The molecule has 24 heavy (non-hydrogen) atoms. The fraction of sp³-hybridized carbons (Fsp3) is 0.529. The first-order valence-electron chi connectivity index (χ1n) is 8.75. The number of hydrogen-bond donors (Lipinski definition) is 1. The van der Waals surface area contributed by atoms with Gasteiger partial charge >= 0.3 is 0 Å². The van der Waals surface area contributed by atoms with E-state index in [1.165, 1.54) is 12.8 Å². The summed E-state index contributed by atoms with van der Waals surface area (Å²) in [6.07, 6.45) is 3.40. The van der Waals surface area contributed by atoms with Gasteiger partial charge in [0.05, 0.1) is 17.6 Å². The molecule has 126 valence electrons. The minimum atomic E-state index is 0.446. The topological polar surface area (TPSA) is 75.5 Å². The zero-order valence-corrected chi connectivity index (χ0v) is 14.0. The van der Waals surface area contributed by atoms with Crippen molar-refractivity contribution in [3.8, 4) is 0 Å². The summed E-state index contributed by atoms with van der Waals surface area (Å²) in [5.74, 6) is 2.51. The van der Waals surface area contributed by atoms with Crippen molar-refractivity contribution in [1.82, 2.24) is 35.1 Å². The SMILES string of the molecule is CCCn1nnnc1CN1CCCC(c2nc3ccccc3[nH]2)C1. The van der Waals surface area contributed by atoms with Crippen LogP contribution in [-0.4, -0.2) is 48.2 Å². The fourth-order valence-corrected chi connectivity index (χ4v) is 3.51. The van der Waals surface area contributed by atoms with Crippen molar-refractivity contribution in [3.05, 3.63) is 35.9 Å². The molecule has 0 radical (unpaired) electrons. The van der Waals surface area contributed by atoms with Crippen LogP contribution in [0.4, 0.5) is 0 Å². The molecule has 2 aromatic heterocycles. The van der Waals surface area contributed by atoms with Gasteiger partial charge in [0.15, 0.2) is 5.82 Å². The first-order valence-corrected chi connectivity index (χ1v) is 8.75.